The van der Waals surface area contributed by atoms with Gasteiger partial charge in [-0.3, -0.25) is 0 Å². The Morgan fingerprint density at radius 3 is 2.67 bits per heavy atom. The van der Waals surface area contributed by atoms with Crippen LogP contribution in [0.5, 0.6) is 0 Å². The zero-order valence-corrected chi connectivity index (χ0v) is 9.76. The minimum Gasteiger partial charge on any atom is -0.378 e. The van der Waals surface area contributed by atoms with Gasteiger partial charge in [-0.05, 0) is 24.1 Å². The summed E-state index contributed by atoms with van der Waals surface area (Å²) >= 11 is 5.80. The maximum absolute atomic E-state index is 5.80. The number of benzene rings is 1. The number of morpholine rings is 1. The van der Waals surface area contributed by atoms with Crippen LogP contribution in [0.1, 0.15) is 11.1 Å². The Balaban J connectivity index is 2.19. The van der Waals surface area contributed by atoms with Crippen molar-refractivity contribution < 1.29 is 4.74 Å². The van der Waals surface area contributed by atoms with Gasteiger partial charge in [-0.1, -0.05) is 12.1 Å². The second-order valence-corrected chi connectivity index (χ2v) is 4.12. The summed E-state index contributed by atoms with van der Waals surface area (Å²) < 4.78 is 5.34. The van der Waals surface area contributed by atoms with E-state index >= 15 is 0 Å². The molecule has 0 radical (unpaired) electrons. The van der Waals surface area contributed by atoms with Gasteiger partial charge in [0.2, 0.25) is 0 Å². The van der Waals surface area contributed by atoms with Crippen LogP contribution in [0.25, 0.3) is 0 Å². The molecule has 15 heavy (non-hydrogen) atoms. The van der Waals surface area contributed by atoms with Crippen LogP contribution in [0.4, 0.5) is 5.69 Å². The van der Waals surface area contributed by atoms with E-state index in [0.717, 1.165) is 26.3 Å². The highest BCUT2D eigenvalue weighted by atomic mass is 35.5. The van der Waals surface area contributed by atoms with Gasteiger partial charge in [-0.15, -0.1) is 11.6 Å². The predicted molar refractivity (Wildman–Crippen MR) is 63.8 cm³/mol. The van der Waals surface area contributed by atoms with E-state index < -0.39 is 0 Å². The highest BCUT2D eigenvalue weighted by molar-refractivity contribution is 6.17. The Labute approximate surface area is 95.8 Å². The van der Waals surface area contributed by atoms with Crippen LogP contribution in [0.15, 0.2) is 18.2 Å². The lowest BCUT2D eigenvalue weighted by Crippen LogP contribution is -2.36. The molecule has 0 bridgehead atoms. The monoisotopic (exact) mass is 225 g/mol. The van der Waals surface area contributed by atoms with Crippen molar-refractivity contribution in [3.05, 3.63) is 29.3 Å². The van der Waals surface area contributed by atoms with E-state index in [2.05, 4.69) is 30.0 Å². The van der Waals surface area contributed by atoms with Gasteiger partial charge in [0.05, 0.1) is 13.2 Å². The van der Waals surface area contributed by atoms with Gasteiger partial charge in [-0.2, -0.15) is 0 Å². The average molecular weight is 226 g/mol. The Kier molecular flexibility index (Phi) is 3.49. The molecule has 0 unspecified atom stereocenters. The van der Waals surface area contributed by atoms with Gasteiger partial charge < -0.3 is 9.64 Å². The van der Waals surface area contributed by atoms with Crippen LogP contribution in [0, 0.1) is 6.92 Å². The number of alkyl halides is 1. The highest BCUT2D eigenvalue weighted by Gasteiger charge is 2.12. The van der Waals surface area contributed by atoms with Crippen LogP contribution in [0.2, 0.25) is 0 Å². The van der Waals surface area contributed by atoms with E-state index in [-0.39, 0.29) is 0 Å². The maximum Gasteiger partial charge on any atom is 0.0642 e. The zero-order chi connectivity index (χ0) is 10.7. The Hall–Kier alpha value is -0.730. The van der Waals surface area contributed by atoms with Gasteiger partial charge in [-0.25, -0.2) is 0 Å². The molecule has 0 N–H and O–H groups in total. The summed E-state index contributed by atoms with van der Waals surface area (Å²) in [6.07, 6.45) is 0. The molecule has 0 saturated carbocycles. The van der Waals surface area contributed by atoms with E-state index in [1.807, 2.05) is 0 Å². The number of halogens is 1. The van der Waals surface area contributed by atoms with Crippen molar-refractivity contribution >= 4 is 17.3 Å². The molecule has 0 amide bonds. The van der Waals surface area contributed by atoms with E-state index in [9.17, 15) is 0 Å². The van der Waals surface area contributed by atoms with Crippen molar-refractivity contribution in [1.82, 2.24) is 0 Å². The van der Waals surface area contributed by atoms with Gasteiger partial charge in [0.1, 0.15) is 0 Å². The molecule has 2 rings (SSSR count). The molecule has 1 aliphatic rings. The molecule has 82 valence electrons. The normalized spacial score (nSPS) is 16.8. The first-order valence-electron chi connectivity index (χ1n) is 5.29. The molecule has 1 aromatic carbocycles. The highest BCUT2D eigenvalue weighted by Crippen LogP contribution is 2.22. The van der Waals surface area contributed by atoms with Gasteiger partial charge >= 0.3 is 0 Å². The lowest BCUT2D eigenvalue weighted by atomic mass is 10.1. The van der Waals surface area contributed by atoms with E-state index in [4.69, 9.17) is 16.3 Å². The lowest BCUT2D eigenvalue weighted by molar-refractivity contribution is 0.122. The SMILES string of the molecule is Cc1cc(CCl)ccc1N1CCOCC1. The number of nitrogens with zero attached hydrogens (tertiary/aromatic N) is 1. The van der Waals surface area contributed by atoms with Crippen LogP contribution >= 0.6 is 11.6 Å². The Morgan fingerprint density at radius 2 is 2.07 bits per heavy atom. The third-order valence-electron chi connectivity index (χ3n) is 2.77. The number of ether oxygens (including phenoxy) is 1. The number of anilines is 1. The van der Waals surface area contributed by atoms with Gasteiger partial charge in [0.15, 0.2) is 0 Å². The first kappa shape index (κ1) is 10.8. The van der Waals surface area contributed by atoms with Gasteiger partial charge in [0.25, 0.3) is 0 Å². The molecule has 1 aromatic rings. The minimum absolute atomic E-state index is 0.588. The maximum atomic E-state index is 5.80. The average Bonchev–Trinajstić information content (AvgIpc) is 2.30. The first-order chi connectivity index (χ1) is 7.31. The van der Waals surface area contributed by atoms with E-state index in [1.54, 1.807) is 0 Å². The van der Waals surface area contributed by atoms with Crippen LogP contribution < -0.4 is 4.90 Å². The summed E-state index contributed by atoms with van der Waals surface area (Å²) in [5.74, 6) is 0.588. The van der Waals surface area contributed by atoms with Crippen LogP contribution in [-0.2, 0) is 10.6 Å². The van der Waals surface area contributed by atoms with Crippen molar-refractivity contribution in [2.45, 2.75) is 12.8 Å². The second-order valence-electron chi connectivity index (χ2n) is 3.85. The summed E-state index contributed by atoms with van der Waals surface area (Å²) in [5.41, 5.74) is 3.80. The molecule has 0 atom stereocenters. The van der Waals surface area contributed by atoms with Crippen molar-refractivity contribution in [3.8, 4) is 0 Å². The molecule has 1 aliphatic heterocycles. The summed E-state index contributed by atoms with van der Waals surface area (Å²) in [7, 11) is 0. The largest absolute Gasteiger partial charge is 0.378 e. The zero-order valence-electron chi connectivity index (χ0n) is 9.00. The summed E-state index contributed by atoms with van der Waals surface area (Å²) in [6.45, 7) is 5.77. The Bertz CT molecular complexity index is 334. The number of rotatable bonds is 2. The molecule has 0 spiro atoms. The van der Waals surface area contributed by atoms with Crippen LogP contribution in [0.3, 0.4) is 0 Å². The summed E-state index contributed by atoms with van der Waals surface area (Å²) in [6, 6.07) is 6.43. The second kappa shape index (κ2) is 4.86. The molecule has 1 heterocycles. The van der Waals surface area contributed by atoms with Crippen molar-refractivity contribution in [3.63, 3.8) is 0 Å². The number of hydrogen-bond acceptors (Lipinski definition) is 2. The standard InChI is InChI=1S/C12H16ClNO/c1-10-8-11(9-13)2-3-12(10)14-4-6-15-7-5-14/h2-3,8H,4-7,9H2,1H3. The minimum atomic E-state index is 0.588. The number of aryl methyl sites for hydroxylation is 1. The van der Waals surface area contributed by atoms with Crippen LogP contribution in [-0.4, -0.2) is 26.3 Å². The third-order valence-corrected chi connectivity index (χ3v) is 3.08. The molecule has 1 saturated heterocycles. The predicted octanol–water partition coefficient (Wildman–Crippen LogP) is 2.57. The summed E-state index contributed by atoms with van der Waals surface area (Å²) in [5, 5.41) is 0. The molecule has 3 heteroatoms. The molecular weight excluding hydrogens is 210 g/mol. The van der Waals surface area contributed by atoms with Crippen molar-refractivity contribution in [1.29, 1.82) is 0 Å². The van der Waals surface area contributed by atoms with E-state index in [1.165, 1.54) is 16.8 Å². The smallest absolute Gasteiger partial charge is 0.0642 e. The first-order valence-corrected chi connectivity index (χ1v) is 5.83. The fourth-order valence-corrected chi connectivity index (χ4v) is 2.13. The molecule has 2 nitrogen and oxygen atoms in total. The van der Waals surface area contributed by atoms with E-state index in [0.29, 0.717) is 5.88 Å². The number of hydrogen-bond donors (Lipinski definition) is 0. The van der Waals surface area contributed by atoms with Crippen molar-refractivity contribution in [2.24, 2.45) is 0 Å². The topological polar surface area (TPSA) is 12.5 Å². The van der Waals surface area contributed by atoms with Crippen molar-refractivity contribution in [2.75, 3.05) is 31.2 Å². The quantitative estimate of drug-likeness (QED) is 0.718. The molecule has 0 aromatic heterocycles. The third kappa shape index (κ3) is 2.44. The van der Waals surface area contributed by atoms with Gasteiger partial charge in [0, 0.05) is 24.7 Å². The summed E-state index contributed by atoms with van der Waals surface area (Å²) in [4.78, 5) is 2.37. The fourth-order valence-electron chi connectivity index (χ4n) is 1.96. The molecular formula is C12H16ClNO. The lowest BCUT2D eigenvalue weighted by Gasteiger charge is -2.30. The fraction of sp³-hybridized carbons (Fsp3) is 0.500. The Morgan fingerprint density at radius 1 is 1.33 bits per heavy atom. The molecule has 1 fully saturated rings. The molecule has 0 aliphatic carbocycles.